The van der Waals surface area contributed by atoms with E-state index in [1.54, 1.807) is 0 Å². The van der Waals surface area contributed by atoms with E-state index in [-0.39, 0.29) is 30.1 Å². The zero-order valence-electron chi connectivity index (χ0n) is 14.5. The third kappa shape index (κ3) is 4.04. The number of carbonyl (C=O) groups excluding carboxylic acids is 1. The Hall–Kier alpha value is -1.59. The van der Waals surface area contributed by atoms with E-state index in [2.05, 4.69) is 16.9 Å². The van der Waals surface area contributed by atoms with Gasteiger partial charge in [-0.1, -0.05) is 36.4 Å². The molecule has 0 spiro atoms. The zero-order valence-corrected chi connectivity index (χ0v) is 14.5. The van der Waals surface area contributed by atoms with Gasteiger partial charge in [0.15, 0.2) is 0 Å². The second-order valence-electron chi connectivity index (χ2n) is 6.80. The Kier molecular flexibility index (Phi) is 5.32. The third-order valence-electron chi connectivity index (χ3n) is 4.67. The minimum Gasteiger partial charge on any atom is -0.466 e. The first-order chi connectivity index (χ1) is 10.8. The van der Waals surface area contributed by atoms with E-state index in [1.807, 2.05) is 52.0 Å². The molecule has 0 bridgehead atoms. The second kappa shape index (κ2) is 6.89. The standard InChI is InChI=1S/C18H25BO4/c1-17(2)18(3,4)23-19(22-17)15(12-9-13-16(20)21-5)14-10-7-6-8-11-14/h6-11,13,15H,12H2,1-5H3/b13-9+/t15-/m0/s1. The molecule has 0 radical (unpaired) electrons. The fourth-order valence-electron chi connectivity index (χ4n) is 2.54. The fourth-order valence-corrected chi connectivity index (χ4v) is 2.54. The zero-order chi connectivity index (χ0) is 17.1. The number of hydrogen-bond acceptors (Lipinski definition) is 4. The van der Waals surface area contributed by atoms with Gasteiger partial charge in [0.25, 0.3) is 0 Å². The van der Waals surface area contributed by atoms with Gasteiger partial charge in [-0.25, -0.2) is 4.79 Å². The van der Waals surface area contributed by atoms with Crippen LogP contribution in [0.1, 0.15) is 45.5 Å². The molecule has 1 aliphatic rings. The molecular weight excluding hydrogens is 291 g/mol. The molecule has 1 aromatic carbocycles. The Morgan fingerprint density at radius 1 is 1.17 bits per heavy atom. The molecule has 1 atom stereocenters. The van der Waals surface area contributed by atoms with E-state index in [0.717, 1.165) is 5.56 Å². The maximum atomic E-state index is 11.3. The van der Waals surface area contributed by atoms with Crippen molar-refractivity contribution in [1.29, 1.82) is 0 Å². The van der Waals surface area contributed by atoms with Gasteiger partial charge in [-0.15, -0.1) is 0 Å². The van der Waals surface area contributed by atoms with Crippen LogP contribution in [-0.4, -0.2) is 31.4 Å². The molecule has 1 heterocycles. The topological polar surface area (TPSA) is 44.8 Å². The first kappa shape index (κ1) is 17.8. The second-order valence-corrected chi connectivity index (χ2v) is 6.80. The molecule has 0 aliphatic carbocycles. The SMILES string of the molecule is COC(=O)/C=C/C[C@H](B1OC(C)(C)C(C)(C)O1)c1ccccc1. The summed E-state index contributed by atoms with van der Waals surface area (Å²) in [6.45, 7) is 8.16. The number of methoxy groups -OCH3 is 1. The molecule has 0 N–H and O–H groups in total. The predicted molar refractivity (Wildman–Crippen MR) is 91.0 cm³/mol. The number of carbonyl (C=O) groups is 1. The van der Waals surface area contributed by atoms with Gasteiger partial charge in [0.1, 0.15) is 0 Å². The van der Waals surface area contributed by atoms with Crippen LogP contribution in [0.25, 0.3) is 0 Å². The molecule has 2 rings (SSSR count). The fraction of sp³-hybridized carbons (Fsp3) is 0.500. The molecule has 23 heavy (non-hydrogen) atoms. The molecule has 5 heteroatoms. The van der Waals surface area contributed by atoms with Crippen molar-refractivity contribution in [2.24, 2.45) is 0 Å². The van der Waals surface area contributed by atoms with Gasteiger partial charge in [0.2, 0.25) is 0 Å². The van der Waals surface area contributed by atoms with Gasteiger partial charge in [-0.05, 0) is 39.7 Å². The first-order valence-electron chi connectivity index (χ1n) is 7.92. The maximum Gasteiger partial charge on any atom is 0.466 e. The molecule has 0 saturated carbocycles. The third-order valence-corrected chi connectivity index (χ3v) is 4.67. The minimum atomic E-state index is -0.378. The van der Waals surface area contributed by atoms with E-state index < -0.39 is 0 Å². The molecule has 1 fully saturated rings. The Labute approximate surface area is 139 Å². The Balaban J connectivity index is 2.22. The summed E-state index contributed by atoms with van der Waals surface area (Å²) in [5.41, 5.74) is 0.369. The highest BCUT2D eigenvalue weighted by Gasteiger charge is 2.53. The summed E-state index contributed by atoms with van der Waals surface area (Å²) in [6.07, 6.45) is 3.89. The van der Waals surface area contributed by atoms with Crippen molar-refractivity contribution in [3.63, 3.8) is 0 Å². The van der Waals surface area contributed by atoms with Crippen LogP contribution < -0.4 is 0 Å². The van der Waals surface area contributed by atoms with E-state index in [9.17, 15) is 4.79 Å². The summed E-state index contributed by atoms with van der Waals surface area (Å²) in [6, 6.07) is 10.1. The normalized spacial score (nSPS) is 20.7. The van der Waals surface area contributed by atoms with Crippen molar-refractivity contribution >= 4 is 13.1 Å². The number of hydrogen-bond donors (Lipinski definition) is 0. The predicted octanol–water partition coefficient (Wildman–Crippen LogP) is 3.52. The summed E-state index contributed by atoms with van der Waals surface area (Å²) < 4.78 is 17.0. The number of benzene rings is 1. The monoisotopic (exact) mass is 316 g/mol. The van der Waals surface area contributed by atoms with Crippen molar-refractivity contribution in [1.82, 2.24) is 0 Å². The van der Waals surface area contributed by atoms with Crippen molar-refractivity contribution in [3.8, 4) is 0 Å². The van der Waals surface area contributed by atoms with Gasteiger partial charge in [0, 0.05) is 11.9 Å². The van der Waals surface area contributed by atoms with Crippen LogP contribution in [0.5, 0.6) is 0 Å². The number of rotatable bonds is 5. The summed E-state index contributed by atoms with van der Waals surface area (Å²) in [7, 11) is 1.01. The molecule has 1 aromatic rings. The molecule has 4 nitrogen and oxygen atoms in total. The lowest BCUT2D eigenvalue weighted by atomic mass is 9.66. The van der Waals surface area contributed by atoms with E-state index in [4.69, 9.17) is 9.31 Å². The summed E-state index contributed by atoms with van der Waals surface area (Å²) >= 11 is 0. The van der Waals surface area contributed by atoms with Gasteiger partial charge in [-0.2, -0.15) is 0 Å². The molecule has 124 valence electrons. The van der Waals surface area contributed by atoms with Gasteiger partial charge >= 0.3 is 13.1 Å². The Morgan fingerprint density at radius 2 is 1.74 bits per heavy atom. The molecule has 0 aromatic heterocycles. The highest BCUT2D eigenvalue weighted by atomic mass is 16.7. The highest BCUT2D eigenvalue weighted by Crippen LogP contribution is 2.41. The summed E-state index contributed by atoms with van der Waals surface area (Å²) in [5.74, 6) is -0.344. The van der Waals surface area contributed by atoms with Crippen LogP contribution in [0.4, 0.5) is 0 Å². The molecular formula is C18H25BO4. The van der Waals surface area contributed by atoms with E-state index in [1.165, 1.54) is 13.2 Å². The molecule has 0 unspecified atom stereocenters. The van der Waals surface area contributed by atoms with E-state index >= 15 is 0 Å². The average Bonchev–Trinajstić information content (AvgIpc) is 2.72. The number of allylic oxidation sites excluding steroid dienone is 1. The lowest BCUT2D eigenvalue weighted by molar-refractivity contribution is -0.134. The molecule has 0 amide bonds. The lowest BCUT2D eigenvalue weighted by Crippen LogP contribution is -2.41. The Bertz CT molecular complexity index is 550. The highest BCUT2D eigenvalue weighted by molar-refractivity contribution is 6.47. The van der Waals surface area contributed by atoms with Crippen LogP contribution in [0.15, 0.2) is 42.5 Å². The van der Waals surface area contributed by atoms with Crippen LogP contribution in [0.3, 0.4) is 0 Å². The van der Waals surface area contributed by atoms with Gasteiger partial charge < -0.3 is 14.0 Å². The lowest BCUT2D eigenvalue weighted by Gasteiger charge is -2.32. The van der Waals surface area contributed by atoms with Crippen LogP contribution in [0.2, 0.25) is 0 Å². The average molecular weight is 316 g/mol. The number of esters is 1. The smallest absolute Gasteiger partial charge is 0.466 e. The van der Waals surface area contributed by atoms with Crippen molar-refractivity contribution in [2.75, 3.05) is 7.11 Å². The van der Waals surface area contributed by atoms with Gasteiger partial charge in [0.05, 0.1) is 18.3 Å². The van der Waals surface area contributed by atoms with Crippen LogP contribution in [-0.2, 0) is 18.8 Å². The largest absolute Gasteiger partial charge is 0.466 e. The summed E-state index contributed by atoms with van der Waals surface area (Å²) in [4.78, 5) is 11.3. The van der Waals surface area contributed by atoms with E-state index in [0.29, 0.717) is 6.42 Å². The van der Waals surface area contributed by atoms with Crippen molar-refractivity contribution in [3.05, 3.63) is 48.0 Å². The first-order valence-corrected chi connectivity index (χ1v) is 7.92. The Morgan fingerprint density at radius 3 is 2.26 bits per heavy atom. The maximum absolute atomic E-state index is 11.3. The quantitative estimate of drug-likeness (QED) is 0.474. The van der Waals surface area contributed by atoms with Crippen molar-refractivity contribution < 1.29 is 18.8 Å². The van der Waals surface area contributed by atoms with Crippen molar-refractivity contribution in [2.45, 2.75) is 51.1 Å². The van der Waals surface area contributed by atoms with Crippen LogP contribution in [0, 0.1) is 0 Å². The minimum absolute atomic E-state index is 0.0122. The molecule has 1 saturated heterocycles. The molecule has 1 aliphatic heterocycles. The van der Waals surface area contributed by atoms with Crippen LogP contribution >= 0.6 is 0 Å². The number of ether oxygens (including phenoxy) is 1. The summed E-state index contributed by atoms with van der Waals surface area (Å²) in [5, 5.41) is 0. The van der Waals surface area contributed by atoms with Gasteiger partial charge in [-0.3, -0.25) is 0 Å².